The molecule has 0 spiro atoms. The van der Waals surface area contributed by atoms with Crippen molar-refractivity contribution in [3.8, 4) is 0 Å². The van der Waals surface area contributed by atoms with E-state index >= 15 is 0 Å². The Labute approximate surface area is 117 Å². The van der Waals surface area contributed by atoms with Crippen molar-refractivity contribution in [2.75, 3.05) is 5.75 Å². The zero-order valence-corrected chi connectivity index (χ0v) is 11.4. The second-order valence-electron chi connectivity index (χ2n) is 3.88. The topological polar surface area (TPSA) is 34.1 Å². The van der Waals surface area contributed by atoms with E-state index < -0.39 is 16.6 Å². The summed E-state index contributed by atoms with van der Waals surface area (Å²) in [7, 11) is -1.49. The van der Waals surface area contributed by atoms with Crippen LogP contribution in [0.15, 0.2) is 53.4 Å². The molecule has 0 aliphatic heterocycles. The zero-order chi connectivity index (χ0) is 13.8. The van der Waals surface area contributed by atoms with Crippen LogP contribution in [0, 0.1) is 5.82 Å². The third kappa shape index (κ3) is 3.72. The summed E-state index contributed by atoms with van der Waals surface area (Å²) in [5.41, 5.74) is 0.218. The maximum absolute atomic E-state index is 13.0. The van der Waals surface area contributed by atoms with E-state index in [1.54, 1.807) is 24.3 Å². The first-order chi connectivity index (χ1) is 9.06. The van der Waals surface area contributed by atoms with E-state index in [2.05, 4.69) is 0 Å². The minimum atomic E-state index is -1.49. The molecule has 1 unspecified atom stereocenters. The molecule has 0 N–H and O–H groups in total. The van der Waals surface area contributed by atoms with Gasteiger partial charge in [-0.15, -0.1) is 0 Å². The molecule has 0 aliphatic rings. The Kier molecular flexibility index (Phi) is 4.45. The molecule has 2 rings (SSSR count). The lowest BCUT2D eigenvalue weighted by molar-refractivity contribution is 0.102. The predicted octanol–water partition coefficient (Wildman–Crippen LogP) is 3.47. The van der Waals surface area contributed by atoms with Crippen LogP contribution in [0.2, 0.25) is 5.02 Å². The zero-order valence-electron chi connectivity index (χ0n) is 9.81. The van der Waals surface area contributed by atoms with Crippen molar-refractivity contribution in [3.63, 3.8) is 0 Å². The van der Waals surface area contributed by atoms with Crippen molar-refractivity contribution in [2.24, 2.45) is 0 Å². The average Bonchev–Trinajstić information content (AvgIpc) is 2.38. The summed E-state index contributed by atoms with van der Waals surface area (Å²) in [6, 6.07) is 11.9. The van der Waals surface area contributed by atoms with Crippen LogP contribution in [0.4, 0.5) is 4.39 Å². The van der Waals surface area contributed by atoms with Gasteiger partial charge in [0, 0.05) is 15.5 Å². The normalized spacial score (nSPS) is 12.1. The van der Waals surface area contributed by atoms with Gasteiger partial charge < -0.3 is 0 Å². The van der Waals surface area contributed by atoms with Crippen molar-refractivity contribution < 1.29 is 13.4 Å². The van der Waals surface area contributed by atoms with Crippen LogP contribution in [-0.4, -0.2) is 15.7 Å². The Balaban J connectivity index is 2.13. The van der Waals surface area contributed by atoms with Gasteiger partial charge >= 0.3 is 0 Å². The molecule has 0 bridgehead atoms. The Bertz CT molecular complexity index is 587. The first-order valence-corrected chi connectivity index (χ1v) is 7.18. The molecule has 0 saturated carbocycles. The Morgan fingerprint density at radius 1 is 1.16 bits per heavy atom. The maximum atomic E-state index is 13.0. The maximum Gasteiger partial charge on any atom is 0.175 e. The van der Waals surface area contributed by atoms with Crippen LogP contribution in [0.5, 0.6) is 0 Å². The van der Waals surface area contributed by atoms with Crippen LogP contribution in [0.3, 0.4) is 0 Å². The number of halogens is 2. The molecule has 0 radical (unpaired) electrons. The first kappa shape index (κ1) is 13.9. The SMILES string of the molecule is O=C(CS(=O)c1cccc(Cl)c1)c1cccc(F)c1. The summed E-state index contributed by atoms with van der Waals surface area (Å²) in [6.07, 6.45) is 0. The first-order valence-electron chi connectivity index (χ1n) is 5.49. The third-order valence-corrected chi connectivity index (χ3v) is 4.01. The van der Waals surface area contributed by atoms with E-state index in [1.165, 1.54) is 18.2 Å². The molecular weight excluding hydrogens is 287 g/mol. The summed E-state index contributed by atoms with van der Waals surface area (Å²) in [6.45, 7) is 0. The molecular formula is C14H10ClFO2S. The second-order valence-corrected chi connectivity index (χ2v) is 5.77. The molecule has 5 heteroatoms. The van der Waals surface area contributed by atoms with Gasteiger partial charge in [-0.2, -0.15) is 0 Å². The fraction of sp³-hybridized carbons (Fsp3) is 0.0714. The predicted molar refractivity (Wildman–Crippen MR) is 73.5 cm³/mol. The molecule has 2 nitrogen and oxygen atoms in total. The number of carbonyl (C=O) groups excluding carboxylic acids is 1. The largest absolute Gasteiger partial charge is 0.293 e. The highest BCUT2D eigenvalue weighted by Gasteiger charge is 2.13. The quantitative estimate of drug-likeness (QED) is 0.810. The van der Waals surface area contributed by atoms with Crippen molar-refractivity contribution in [2.45, 2.75) is 4.90 Å². The van der Waals surface area contributed by atoms with E-state index in [9.17, 15) is 13.4 Å². The number of carbonyl (C=O) groups is 1. The van der Waals surface area contributed by atoms with Crippen molar-refractivity contribution >= 4 is 28.2 Å². The Hall–Kier alpha value is -1.52. The molecule has 1 atom stereocenters. The lowest BCUT2D eigenvalue weighted by atomic mass is 10.1. The molecule has 0 amide bonds. The minimum absolute atomic E-state index is 0.191. The highest BCUT2D eigenvalue weighted by Crippen LogP contribution is 2.15. The van der Waals surface area contributed by atoms with Gasteiger partial charge in [0.15, 0.2) is 5.78 Å². The molecule has 0 heterocycles. The van der Waals surface area contributed by atoms with E-state index in [1.807, 2.05) is 0 Å². The molecule has 2 aromatic rings. The summed E-state index contributed by atoms with van der Waals surface area (Å²) < 4.78 is 25.0. The number of hydrogen-bond acceptors (Lipinski definition) is 2. The fourth-order valence-electron chi connectivity index (χ4n) is 1.56. The number of benzene rings is 2. The van der Waals surface area contributed by atoms with Gasteiger partial charge in [0.2, 0.25) is 0 Å². The Morgan fingerprint density at radius 2 is 1.89 bits per heavy atom. The van der Waals surface area contributed by atoms with E-state index in [-0.39, 0.29) is 17.1 Å². The highest BCUT2D eigenvalue weighted by molar-refractivity contribution is 7.85. The third-order valence-electron chi connectivity index (χ3n) is 2.47. The van der Waals surface area contributed by atoms with Crippen LogP contribution in [0.1, 0.15) is 10.4 Å². The highest BCUT2D eigenvalue weighted by atomic mass is 35.5. The van der Waals surface area contributed by atoms with Gasteiger partial charge in [0.25, 0.3) is 0 Å². The summed E-state index contributed by atoms with van der Waals surface area (Å²) in [4.78, 5) is 12.4. The van der Waals surface area contributed by atoms with Gasteiger partial charge in [-0.05, 0) is 30.3 Å². The minimum Gasteiger partial charge on any atom is -0.293 e. The molecule has 0 fully saturated rings. The van der Waals surface area contributed by atoms with Crippen LogP contribution < -0.4 is 0 Å². The molecule has 0 aromatic heterocycles. The smallest absolute Gasteiger partial charge is 0.175 e. The van der Waals surface area contributed by atoms with Gasteiger partial charge in [0.1, 0.15) is 5.82 Å². The molecule has 98 valence electrons. The molecule has 2 aromatic carbocycles. The fourth-order valence-corrected chi connectivity index (χ4v) is 2.87. The van der Waals surface area contributed by atoms with Gasteiger partial charge in [-0.3, -0.25) is 9.00 Å². The van der Waals surface area contributed by atoms with E-state index in [0.717, 1.165) is 6.07 Å². The lowest BCUT2D eigenvalue weighted by Crippen LogP contribution is -2.11. The summed E-state index contributed by atoms with van der Waals surface area (Å²) in [5, 5.41) is 0.462. The second kappa shape index (κ2) is 6.08. The molecule has 19 heavy (non-hydrogen) atoms. The van der Waals surface area contributed by atoms with Crippen LogP contribution in [-0.2, 0) is 10.8 Å². The average molecular weight is 297 g/mol. The molecule has 0 saturated heterocycles. The van der Waals surface area contributed by atoms with Crippen molar-refractivity contribution in [1.82, 2.24) is 0 Å². The van der Waals surface area contributed by atoms with Gasteiger partial charge in [-0.1, -0.05) is 29.8 Å². The van der Waals surface area contributed by atoms with Crippen molar-refractivity contribution in [3.05, 3.63) is 64.9 Å². The van der Waals surface area contributed by atoms with E-state index in [0.29, 0.717) is 9.92 Å². The van der Waals surface area contributed by atoms with Crippen molar-refractivity contribution in [1.29, 1.82) is 0 Å². The summed E-state index contributed by atoms with van der Waals surface area (Å²) in [5.74, 6) is -1.04. The summed E-state index contributed by atoms with van der Waals surface area (Å²) >= 11 is 5.79. The Morgan fingerprint density at radius 3 is 2.58 bits per heavy atom. The number of hydrogen-bond donors (Lipinski definition) is 0. The van der Waals surface area contributed by atoms with Crippen LogP contribution in [0.25, 0.3) is 0 Å². The van der Waals surface area contributed by atoms with Gasteiger partial charge in [0.05, 0.1) is 16.6 Å². The molecule has 0 aliphatic carbocycles. The number of rotatable bonds is 4. The number of ketones is 1. The standard InChI is InChI=1S/C14H10ClFO2S/c15-11-4-2-6-13(8-11)19(18)9-14(17)10-3-1-5-12(16)7-10/h1-8H,9H2. The number of Topliss-reactive ketones (excluding diaryl/α,β-unsaturated/α-hetero) is 1. The van der Waals surface area contributed by atoms with Crippen LogP contribution >= 0.6 is 11.6 Å². The monoisotopic (exact) mass is 296 g/mol. The van der Waals surface area contributed by atoms with Gasteiger partial charge in [-0.25, -0.2) is 4.39 Å². The van der Waals surface area contributed by atoms with E-state index in [4.69, 9.17) is 11.6 Å². The lowest BCUT2D eigenvalue weighted by Gasteiger charge is -2.03.